The van der Waals surface area contributed by atoms with Gasteiger partial charge < -0.3 is 10.1 Å². The number of carbonyl (C=O) groups excluding carboxylic acids is 1. The molecule has 0 aromatic heterocycles. The van der Waals surface area contributed by atoms with Gasteiger partial charge in [-0.3, -0.25) is 0 Å². The van der Waals surface area contributed by atoms with E-state index >= 15 is 0 Å². The van der Waals surface area contributed by atoms with Gasteiger partial charge in [0.15, 0.2) is 0 Å². The van der Waals surface area contributed by atoms with E-state index in [1.54, 1.807) is 0 Å². The van der Waals surface area contributed by atoms with Crippen LogP contribution >= 0.6 is 0 Å². The van der Waals surface area contributed by atoms with Crippen molar-refractivity contribution in [2.45, 2.75) is 19.3 Å². The Morgan fingerprint density at radius 1 is 1.31 bits per heavy atom. The molecule has 1 heterocycles. The molecule has 1 saturated carbocycles. The fourth-order valence-electron chi connectivity index (χ4n) is 1.78. The number of aldehydes is 1. The fraction of sp³-hybridized carbons (Fsp3) is 0.364. The number of hydrogen-bond acceptors (Lipinski definition) is 2. The fourth-order valence-corrected chi connectivity index (χ4v) is 1.78. The number of hydrogen-bond donors (Lipinski definition) is 1. The summed E-state index contributed by atoms with van der Waals surface area (Å²) in [7, 11) is 0. The lowest BCUT2D eigenvalue weighted by Gasteiger charge is -2.38. The van der Waals surface area contributed by atoms with Crippen molar-refractivity contribution < 1.29 is 4.79 Å². The molecule has 2 aliphatic rings. The second kappa shape index (κ2) is 3.21. The molecule has 0 spiro atoms. The first kappa shape index (κ1) is 8.30. The average Bonchev–Trinajstić information content (AvgIpc) is 2.32. The van der Waals surface area contributed by atoms with Crippen molar-refractivity contribution in [2.75, 3.05) is 0 Å². The van der Waals surface area contributed by atoms with Crippen molar-refractivity contribution in [1.82, 2.24) is 5.32 Å². The molecule has 0 atom stereocenters. The lowest BCUT2D eigenvalue weighted by Crippen LogP contribution is -2.37. The summed E-state index contributed by atoms with van der Waals surface area (Å²) in [5.74, 6) is 0. The third kappa shape index (κ3) is 1.32. The summed E-state index contributed by atoms with van der Waals surface area (Å²) in [6.45, 7) is 0. The van der Waals surface area contributed by atoms with E-state index in [2.05, 4.69) is 5.32 Å². The third-order valence-electron chi connectivity index (χ3n) is 2.83. The van der Waals surface area contributed by atoms with Gasteiger partial charge >= 0.3 is 0 Å². The Balaban J connectivity index is 2.23. The summed E-state index contributed by atoms with van der Waals surface area (Å²) in [6, 6.07) is 0. The van der Waals surface area contributed by atoms with E-state index in [0.29, 0.717) is 0 Å². The largest absolute Gasteiger partial charge is 0.364 e. The molecule has 2 rings (SSSR count). The first-order valence-corrected chi connectivity index (χ1v) is 4.64. The molecule has 1 N–H and O–H groups in total. The summed E-state index contributed by atoms with van der Waals surface area (Å²) < 4.78 is 0. The number of rotatable bonds is 2. The Labute approximate surface area is 78.0 Å². The van der Waals surface area contributed by atoms with Crippen LogP contribution in [0.1, 0.15) is 19.3 Å². The average molecular weight is 175 g/mol. The molecule has 2 heteroatoms. The molecule has 2 nitrogen and oxygen atoms in total. The minimum absolute atomic E-state index is 0.209. The lowest BCUT2D eigenvalue weighted by atomic mass is 9.67. The van der Waals surface area contributed by atoms with Crippen molar-refractivity contribution in [1.29, 1.82) is 0 Å². The molecule has 1 aliphatic carbocycles. The van der Waals surface area contributed by atoms with Gasteiger partial charge in [0.2, 0.25) is 0 Å². The summed E-state index contributed by atoms with van der Waals surface area (Å²) >= 11 is 0. The van der Waals surface area contributed by atoms with Crippen molar-refractivity contribution in [3.8, 4) is 0 Å². The van der Waals surface area contributed by atoms with E-state index in [1.165, 1.54) is 0 Å². The Morgan fingerprint density at radius 3 is 2.77 bits per heavy atom. The molecule has 0 unspecified atom stereocenters. The Hall–Kier alpha value is -1.31. The van der Waals surface area contributed by atoms with Gasteiger partial charge in [-0.2, -0.15) is 0 Å². The minimum atomic E-state index is -0.209. The predicted octanol–water partition coefficient (Wildman–Crippen LogP) is 1.91. The van der Waals surface area contributed by atoms with Gasteiger partial charge in [-0.15, -0.1) is 0 Å². The van der Waals surface area contributed by atoms with E-state index in [0.717, 1.165) is 31.2 Å². The van der Waals surface area contributed by atoms with E-state index < -0.39 is 0 Å². The molecule has 0 aromatic rings. The van der Waals surface area contributed by atoms with Crippen LogP contribution in [-0.4, -0.2) is 6.29 Å². The highest BCUT2D eigenvalue weighted by atomic mass is 16.1. The van der Waals surface area contributed by atoms with Crippen LogP contribution in [-0.2, 0) is 4.79 Å². The van der Waals surface area contributed by atoms with Crippen LogP contribution in [0.25, 0.3) is 0 Å². The zero-order valence-corrected chi connectivity index (χ0v) is 7.49. The summed E-state index contributed by atoms with van der Waals surface area (Å²) in [5, 5.41) is 3.16. The molecule has 13 heavy (non-hydrogen) atoms. The Kier molecular flexibility index (Phi) is 2.05. The van der Waals surface area contributed by atoms with E-state index in [-0.39, 0.29) is 5.41 Å². The molecule has 1 fully saturated rings. The maximum absolute atomic E-state index is 11.0. The van der Waals surface area contributed by atoms with E-state index in [1.807, 2.05) is 30.5 Å². The normalized spacial score (nSPS) is 23.8. The highest BCUT2D eigenvalue weighted by molar-refractivity contribution is 5.67. The molecule has 68 valence electrons. The minimum Gasteiger partial charge on any atom is -0.364 e. The first-order valence-electron chi connectivity index (χ1n) is 4.64. The van der Waals surface area contributed by atoms with Crippen molar-refractivity contribution in [3.63, 3.8) is 0 Å². The van der Waals surface area contributed by atoms with Crippen molar-refractivity contribution in [3.05, 3.63) is 36.2 Å². The Bertz CT molecular complexity index is 295. The SMILES string of the molecule is O=CC1(C2=CC=CC=CN2)CCC1. The highest BCUT2D eigenvalue weighted by Crippen LogP contribution is 2.44. The van der Waals surface area contributed by atoms with Gasteiger partial charge in [-0.1, -0.05) is 18.6 Å². The highest BCUT2D eigenvalue weighted by Gasteiger charge is 2.40. The monoisotopic (exact) mass is 175 g/mol. The smallest absolute Gasteiger partial charge is 0.132 e. The molecule has 0 bridgehead atoms. The molecule has 1 aliphatic heterocycles. The summed E-state index contributed by atoms with van der Waals surface area (Å²) in [6.07, 6.45) is 13.9. The van der Waals surface area contributed by atoms with Crippen molar-refractivity contribution in [2.24, 2.45) is 5.41 Å². The Morgan fingerprint density at radius 2 is 2.15 bits per heavy atom. The van der Waals surface area contributed by atoms with Gasteiger partial charge in [-0.25, -0.2) is 0 Å². The molecule has 0 aromatic carbocycles. The van der Waals surface area contributed by atoms with E-state index in [4.69, 9.17) is 0 Å². The van der Waals surface area contributed by atoms with Crippen LogP contribution in [0.3, 0.4) is 0 Å². The quantitative estimate of drug-likeness (QED) is 0.649. The second-order valence-electron chi connectivity index (χ2n) is 3.60. The van der Waals surface area contributed by atoms with E-state index in [9.17, 15) is 4.79 Å². The van der Waals surface area contributed by atoms with Gasteiger partial charge in [-0.05, 0) is 25.0 Å². The molecular formula is C11H13NO. The number of nitrogens with one attached hydrogen (secondary N) is 1. The first-order chi connectivity index (χ1) is 6.37. The number of carbonyl (C=O) groups is 1. The van der Waals surface area contributed by atoms with Crippen LogP contribution < -0.4 is 5.32 Å². The zero-order valence-electron chi connectivity index (χ0n) is 7.49. The molecular weight excluding hydrogens is 162 g/mol. The topological polar surface area (TPSA) is 29.1 Å². The predicted molar refractivity (Wildman–Crippen MR) is 51.8 cm³/mol. The van der Waals surface area contributed by atoms with Crippen LogP contribution in [0.2, 0.25) is 0 Å². The maximum atomic E-state index is 11.0. The maximum Gasteiger partial charge on any atom is 0.132 e. The second-order valence-corrected chi connectivity index (χ2v) is 3.60. The standard InChI is InChI=1S/C11H13NO/c13-9-11(6-4-7-11)10-5-2-1-3-8-12-10/h1-3,5,8-9,12H,4,6-7H2. The van der Waals surface area contributed by atoms with Crippen LogP contribution in [0.5, 0.6) is 0 Å². The lowest BCUT2D eigenvalue weighted by molar-refractivity contribution is -0.118. The van der Waals surface area contributed by atoms with Crippen LogP contribution in [0, 0.1) is 5.41 Å². The summed E-state index contributed by atoms with van der Waals surface area (Å²) in [4.78, 5) is 11.0. The van der Waals surface area contributed by atoms with Gasteiger partial charge in [0.25, 0.3) is 0 Å². The van der Waals surface area contributed by atoms with Crippen LogP contribution in [0.4, 0.5) is 0 Å². The number of allylic oxidation sites excluding steroid dienone is 5. The zero-order chi connectivity index (χ0) is 9.15. The van der Waals surface area contributed by atoms with Gasteiger partial charge in [0.1, 0.15) is 6.29 Å². The van der Waals surface area contributed by atoms with Crippen LogP contribution in [0.15, 0.2) is 36.2 Å². The third-order valence-corrected chi connectivity index (χ3v) is 2.83. The molecule has 0 radical (unpaired) electrons. The summed E-state index contributed by atoms with van der Waals surface area (Å²) in [5.41, 5.74) is 0.831. The molecule has 0 amide bonds. The molecule has 0 saturated heterocycles. The van der Waals surface area contributed by atoms with Gasteiger partial charge in [0, 0.05) is 11.9 Å². The van der Waals surface area contributed by atoms with Crippen molar-refractivity contribution >= 4 is 6.29 Å². The van der Waals surface area contributed by atoms with Gasteiger partial charge in [0.05, 0.1) is 5.41 Å².